The average molecular weight is 317 g/mol. The Morgan fingerprint density at radius 3 is 2.88 bits per heavy atom. The summed E-state index contributed by atoms with van der Waals surface area (Å²) in [6.07, 6.45) is -1.36. The van der Waals surface area contributed by atoms with Crippen molar-refractivity contribution in [2.75, 3.05) is 23.9 Å². The standard InChI is InChI=1S/C8H9BrClF2N3O/c9-6-7(13-4-14-8(6)16)15(2-1-10)3-5(11)12/h4-5H,1-3H2,(H,13,14,16). The predicted octanol–water partition coefficient (Wildman–Crippen LogP) is 1.84. The zero-order chi connectivity index (χ0) is 12.1. The highest BCUT2D eigenvalue weighted by Crippen LogP contribution is 2.19. The Kier molecular flexibility index (Phi) is 5.14. The van der Waals surface area contributed by atoms with E-state index in [4.69, 9.17) is 11.6 Å². The summed E-state index contributed by atoms with van der Waals surface area (Å²) in [6.45, 7) is -0.317. The van der Waals surface area contributed by atoms with Gasteiger partial charge in [-0.15, -0.1) is 11.6 Å². The van der Waals surface area contributed by atoms with Gasteiger partial charge in [-0.2, -0.15) is 0 Å². The molecule has 0 aliphatic rings. The van der Waals surface area contributed by atoms with E-state index >= 15 is 0 Å². The van der Waals surface area contributed by atoms with E-state index in [9.17, 15) is 13.6 Å². The Bertz CT molecular complexity index is 401. The Morgan fingerprint density at radius 2 is 2.31 bits per heavy atom. The summed E-state index contributed by atoms with van der Waals surface area (Å²) in [5.74, 6) is 0.345. The number of halogens is 4. The van der Waals surface area contributed by atoms with Gasteiger partial charge in [0.25, 0.3) is 12.0 Å². The smallest absolute Gasteiger partial charge is 0.267 e. The van der Waals surface area contributed by atoms with E-state index in [1.54, 1.807) is 0 Å². The first kappa shape index (κ1) is 13.4. The number of anilines is 1. The van der Waals surface area contributed by atoms with Crippen molar-refractivity contribution in [1.82, 2.24) is 9.97 Å². The van der Waals surface area contributed by atoms with E-state index in [0.717, 1.165) is 6.33 Å². The SMILES string of the molecule is O=c1[nH]cnc(N(CCCl)CC(F)F)c1Br. The Hall–Kier alpha value is -0.690. The van der Waals surface area contributed by atoms with Gasteiger partial charge in [0.15, 0.2) is 5.82 Å². The first-order valence-electron chi connectivity index (χ1n) is 4.38. The fourth-order valence-electron chi connectivity index (χ4n) is 1.15. The highest BCUT2D eigenvalue weighted by molar-refractivity contribution is 9.10. The van der Waals surface area contributed by atoms with Crippen LogP contribution in [0.15, 0.2) is 15.6 Å². The number of rotatable bonds is 5. The molecule has 0 amide bonds. The van der Waals surface area contributed by atoms with Crippen LogP contribution in [0.5, 0.6) is 0 Å². The van der Waals surface area contributed by atoms with Gasteiger partial charge in [0.2, 0.25) is 0 Å². The molecule has 0 aromatic carbocycles. The lowest BCUT2D eigenvalue weighted by Gasteiger charge is -2.22. The van der Waals surface area contributed by atoms with Gasteiger partial charge >= 0.3 is 0 Å². The summed E-state index contributed by atoms with van der Waals surface area (Å²) in [7, 11) is 0. The molecule has 1 rings (SSSR count). The highest BCUT2D eigenvalue weighted by atomic mass is 79.9. The molecule has 0 aliphatic carbocycles. The maximum Gasteiger partial charge on any atom is 0.267 e. The minimum Gasteiger partial charge on any atom is -0.349 e. The molecule has 1 aromatic rings. The maximum absolute atomic E-state index is 12.3. The number of nitrogens with one attached hydrogen (secondary N) is 1. The van der Waals surface area contributed by atoms with Gasteiger partial charge in [0.05, 0.1) is 12.9 Å². The van der Waals surface area contributed by atoms with Crippen molar-refractivity contribution in [1.29, 1.82) is 0 Å². The molecule has 0 radical (unpaired) electrons. The van der Waals surface area contributed by atoms with Gasteiger partial charge in [-0.1, -0.05) is 0 Å². The molecule has 0 unspecified atom stereocenters. The molecule has 8 heteroatoms. The Labute approximate surface area is 104 Å². The van der Waals surface area contributed by atoms with Crippen LogP contribution in [-0.2, 0) is 0 Å². The quantitative estimate of drug-likeness (QED) is 0.843. The van der Waals surface area contributed by atoms with Crippen LogP contribution in [0, 0.1) is 0 Å². The Morgan fingerprint density at radius 1 is 1.62 bits per heavy atom. The van der Waals surface area contributed by atoms with Crippen LogP contribution in [0.3, 0.4) is 0 Å². The van der Waals surface area contributed by atoms with Gasteiger partial charge in [0.1, 0.15) is 4.47 Å². The first-order valence-corrected chi connectivity index (χ1v) is 5.71. The van der Waals surface area contributed by atoms with Crippen LogP contribution in [0.4, 0.5) is 14.6 Å². The highest BCUT2D eigenvalue weighted by Gasteiger charge is 2.17. The molecule has 90 valence electrons. The second-order valence-electron chi connectivity index (χ2n) is 2.90. The summed E-state index contributed by atoms with van der Waals surface area (Å²) in [5, 5.41) is 0. The van der Waals surface area contributed by atoms with Crippen LogP contribution >= 0.6 is 27.5 Å². The van der Waals surface area contributed by atoms with Crippen molar-refractivity contribution >= 4 is 33.3 Å². The second kappa shape index (κ2) is 6.15. The number of nitrogens with zero attached hydrogens (tertiary/aromatic N) is 2. The van der Waals surface area contributed by atoms with Crippen molar-refractivity contribution < 1.29 is 8.78 Å². The lowest BCUT2D eigenvalue weighted by molar-refractivity contribution is 0.155. The van der Waals surface area contributed by atoms with E-state index in [-0.39, 0.29) is 22.7 Å². The number of hydrogen-bond acceptors (Lipinski definition) is 3. The summed E-state index contributed by atoms with van der Waals surface area (Å²) in [4.78, 5) is 18.7. The van der Waals surface area contributed by atoms with Crippen LogP contribution in [0.2, 0.25) is 0 Å². The largest absolute Gasteiger partial charge is 0.349 e. The van der Waals surface area contributed by atoms with Crippen molar-refractivity contribution in [2.24, 2.45) is 0 Å². The third-order valence-corrected chi connectivity index (χ3v) is 2.67. The molecule has 0 spiro atoms. The number of hydrogen-bond donors (Lipinski definition) is 1. The molecule has 0 saturated carbocycles. The summed E-state index contributed by atoms with van der Waals surface area (Å²) < 4.78 is 24.8. The zero-order valence-electron chi connectivity index (χ0n) is 8.09. The normalized spacial score (nSPS) is 10.8. The topological polar surface area (TPSA) is 49.0 Å². The minimum absolute atomic E-state index is 0.126. The fraction of sp³-hybridized carbons (Fsp3) is 0.500. The fourth-order valence-corrected chi connectivity index (χ4v) is 1.82. The molecule has 1 heterocycles. The molecule has 16 heavy (non-hydrogen) atoms. The molecule has 0 atom stereocenters. The van der Waals surface area contributed by atoms with Crippen LogP contribution in [-0.4, -0.2) is 35.4 Å². The summed E-state index contributed by atoms with van der Waals surface area (Å²) >= 11 is 8.51. The van der Waals surface area contributed by atoms with Gasteiger partial charge in [0, 0.05) is 12.4 Å². The number of aromatic nitrogens is 2. The van der Waals surface area contributed by atoms with Crippen LogP contribution in [0.25, 0.3) is 0 Å². The molecular formula is C8H9BrClF2N3O. The van der Waals surface area contributed by atoms with Crippen LogP contribution in [0.1, 0.15) is 0 Å². The summed E-state index contributed by atoms with van der Waals surface area (Å²) in [6, 6.07) is 0. The van der Waals surface area contributed by atoms with E-state index in [0.29, 0.717) is 0 Å². The molecule has 1 aromatic heterocycles. The van der Waals surface area contributed by atoms with Gasteiger partial charge in [-0.3, -0.25) is 4.79 Å². The van der Waals surface area contributed by atoms with Gasteiger partial charge in [-0.05, 0) is 15.9 Å². The predicted molar refractivity (Wildman–Crippen MR) is 61.5 cm³/mol. The van der Waals surface area contributed by atoms with E-state index in [1.165, 1.54) is 4.90 Å². The molecule has 0 aliphatic heterocycles. The lowest BCUT2D eigenvalue weighted by Crippen LogP contribution is -2.33. The van der Waals surface area contributed by atoms with E-state index in [2.05, 4.69) is 25.9 Å². The molecular weight excluding hydrogens is 307 g/mol. The minimum atomic E-state index is -2.52. The number of aromatic amines is 1. The van der Waals surface area contributed by atoms with Crippen molar-refractivity contribution in [2.45, 2.75) is 6.43 Å². The molecule has 0 saturated heterocycles. The van der Waals surface area contributed by atoms with Crippen molar-refractivity contribution in [3.63, 3.8) is 0 Å². The van der Waals surface area contributed by atoms with Crippen molar-refractivity contribution in [3.05, 3.63) is 21.2 Å². The first-order chi connectivity index (χ1) is 7.56. The number of H-pyrrole nitrogens is 1. The third-order valence-electron chi connectivity index (χ3n) is 1.79. The maximum atomic E-state index is 12.3. The monoisotopic (exact) mass is 315 g/mol. The summed E-state index contributed by atoms with van der Waals surface area (Å²) in [5.41, 5.74) is -0.418. The van der Waals surface area contributed by atoms with E-state index in [1.807, 2.05) is 0 Å². The van der Waals surface area contributed by atoms with E-state index < -0.39 is 18.5 Å². The molecule has 0 fully saturated rings. The van der Waals surface area contributed by atoms with Crippen LogP contribution < -0.4 is 10.5 Å². The average Bonchev–Trinajstić information content (AvgIpc) is 2.21. The molecule has 0 bridgehead atoms. The molecule has 4 nitrogen and oxygen atoms in total. The second-order valence-corrected chi connectivity index (χ2v) is 4.07. The van der Waals surface area contributed by atoms with Gasteiger partial charge in [-0.25, -0.2) is 13.8 Å². The lowest BCUT2D eigenvalue weighted by atomic mass is 10.4. The zero-order valence-corrected chi connectivity index (χ0v) is 10.4. The van der Waals surface area contributed by atoms with Gasteiger partial charge < -0.3 is 9.88 Å². The Balaban J connectivity index is 3.00. The molecule has 1 N–H and O–H groups in total. The third kappa shape index (κ3) is 3.41. The van der Waals surface area contributed by atoms with Crippen molar-refractivity contribution in [3.8, 4) is 0 Å². The number of alkyl halides is 3.